The van der Waals surface area contributed by atoms with Crippen LogP contribution in [0.2, 0.25) is 0 Å². The quantitative estimate of drug-likeness (QED) is 0.629. The lowest BCUT2D eigenvalue weighted by Gasteiger charge is -2.22. The molecular formula is C12H16O2. The molecule has 0 aromatic carbocycles. The van der Waals surface area contributed by atoms with Crippen LogP contribution in [0, 0.1) is 0 Å². The fraction of sp³-hybridized carbons (Fsp3) is 0.417. The molecule has 0 aliphatic carbocycles. The highest BCUT2D eigenvalue weighted by atomic mass is 16.5. The minimum Gasteiger partial charge on any atom is -0.492 e. The molecule has 1 atom stereocenters. The first-order valence-electron chi connectivity index (χ1n) is 4.73. The molecule has 0 spiro atoms. The highest BCUT2D eigenvalue weighted by molar-refractivity contribution is 6.00. The van der Waals surface area contributed by atoms with E-state index in [0.29, 0.717) is 12.0 Å². The minimum atomic E-state index is -0.0874. The zero-order chi connectivity index (χ0) is 10.7. The van der Waals surface area contributed by atoms with E-state index in [9.17, 15) is 4.79 Å². The van der Waals surface area contributed by atoms with Crippen molar-refractivity contribution in [2.24, 2.45) is 0 Å². The molecule has 0 radical (unpaired) electrons. The molecule has 76 valence electrons. The summed E-state index contributed by atoms with van der Waals surface area (Å²) in [5.74, 6) is 0.120. The molecule has 1 aliphatic rings. The second-order valence-electron chi connectivity index (χ2n) is 3.60. The molecule has 1 aliphatic heterocycles. The number of Topliss-reactive ketones (excluding diaryl/α,β-unsaturated/α-hetero) is 1. The predicted molar refractivity (Wildman–Crippen MR) is 56.8 cm³/mol. The molecule has 14 heavy (non-hydrogen) atoms. The van der Waals surface area contributed by atoms with Gasteiger partial charge in [0.2, 0.25) is 0 Å². The van der Waals surface area contributed by atoms with Gasteiger partial charge < -0.3 is 4.74 Å². The molecule has 2 nitrogen and oxygen atoms in total. The van der Waals surface area contributed by atoms with Gasteiger partial charge in [0.15, 0.2) is 5.78 Å². The molecule has 0 saturated heterocycles. The third kappa shape index (κ3) is 2.13. The lowest BCUT2D eigenvalue weighted by molar-refractivity contribution is -0.118. The highest BCUT2D eigenvalue weighted by Crippen LogP contribution is 2.23. The lowest BCUT2D eigenvalue weighted by Crippen LogP contribution is -2.23. The summed E-state index contributed by atoms with van der Waals surface area (Å²) >= 11 is 0. The summed E-state index contributed by atoms with van der Waals surface area (Å²) < 4.78 is 5.46. The number of carbonyl (C=O) groups is 1. The van der Waals surface area contributed by atoms with Crippen LogP contribution in [0.4, 0.5) is 0 Å². The highest BCUT2D eigenvalue weighted by Gasteiger charge is 2.24. The van der Waals surface area contributed by atoms with E-state index >= 15 is 0 Å². The molecule has 1 unspecified atom stereocenters. The Hall–Kier alpha value is -1.31. The standard InChI is InChI=1S/C12H16O2/c1-5-9(4)12-6-11(13)10(7-14-12)8(2)3/h5,7,12H,2,6H2,1,3-4H3/b9-5+. The topological polar surface area (TPSA) is 26.3 Å². The summed E-state index contributed by atoms with van der Waals surface area (Å²) in [5, 5.41) is 0. The molecule has 1 heterocycles. The maximum absolute atomic E-state index is 11.6. The smallest absolute Gasteiger partial charge is 0.170 e. The van der Waals surface area contributed by atoms with Crippen molar-refractivity contribution in [1.29, 1.82) is 0 Å². The van der Waals surface area contributed by atoms with E-state index in [-0.39, 0.29) is 11.9 Å². The van der Waals surface area contributed by atoms with Crippen LogP contribution in [-0.2, 0) is 9.53 Å². The normalized spacial score (nSPS) is 22.8. The van der Waals surface area contributed by atoms with E-state index in [2.05, 4.69) is 6.58 Å². The molecule has 0 amide bonds. The van der Waals surface area contributed by atoms with Gasteiger partial charge in [-0.3, -0.25) is 4.79 Å². The van der Waals surface area contributed by atoms with Crippen LogP contribution in [0.1, 0.15) is 27.2 Å². The zero-order valence-electron chi connectivity index (χ0n) is 8.96. The fourth-order valence-electron chi connectivity index (χ4n) is 1.34. The summed E-state index contributed by atoms with van der Waals surface area (Å²) in [7, 11) is 0. The second-order valence-corrected chi connectivity index (χ2v) is 3.60. The molecule has 0 saturated carbocycles. The van der Waals surface area contributed by atoms with Crippen molar-refractivity contribution in [2.45, 2.75) is 33.3 Å². The van der Waals surface area contributed by atoms with Gasteiger partial charge >= 0.3 is 0 Å². The lowest BCUT2D eigenvalue weighted by atomic mass is 9.96. The Morgan fingerprint density at radius 1 is 1.64 bits per heavy atom. The van der Waals surface area contributed by atoms with Crippen molar-refractivity contribution in [3.63, 3.8) is 0 Å². The molecule has 0 aromatic rings. The van der Waals surface area contributed by atoms with Crippen molar-refractivity contribution in [3.05, 3.63) is 35.6 Å². The van der Waals surface area contributed by atoms with Gasteiger partial charge in [-0.1, -0.05) is 12.7 Å². The third-order valence-corrected chi connectivity index (χ3v) is 2.44. The Morgan fingerprint density at radius 3 is 2.71 bits per heavy atom. The Kier molecular flexibility index (Phi) is 3.28. The summed E-state index contributed by atoms with van der Waals surface area (Å²) in [5.41, 5.74) is 2.48. The average Bonchev–Trinajstić information content (AvgIpc) is 2.15. The van der Waals surface area contributed by atoms with Gasteiger partial charge in [-0.2, -0.15) is 0 Å². The molecule has 1 rings (SSSR count). The van der Waals surface area contributed by atoms with Crippen molar-refractivity contribution in [2.75, 3.05) is 0 Å². The molecule has 0 aromatic heterocycles. The first kappa shape index (κ1) is 10.8. The van der Waals surface area contributed by atoms with E-state index in [4.69, 9.17) is 4.74 Å². The van der Waals surface area contributed by atoms with Gasteiger partial charge in [0.1, 0.15) is 6.10 Å². The van der Waals surface area contributed by atoms with E-state index in [0.717, 1.165) is 11.1 Å². The van der Waals surface area contributed by atoms with E-state index in [1.54, 1.807) is 0 Å². The predicted octanol–water partition coefficient (Wildman–Crippen LogP) is 2.77. The van der Waals surface area contributed by atoms with Crippen molar-refractivity contribution >= 4 is 5.78 Å². The number of ether oxygens (including phenoxy) is 1. The number of carbonyl (C=O) groups excluding carboxylic acids is 1. The third-order valence-electron chi connectivity index (χ3n) is 2.44. The van der Waals surface area contributed by atoms with Crippen molar-refractivity contribution < 1.29 is 9.53 Å². The van der Waals surface area contributed by atoms with Crippen LogP contribution < -0.4 is 0 Å². The van der Waals surface area contributed by atoms with Gasteiger partial charge in [-0.25, -0.2) is 0 Å². The van der Waals surface area contributed by atoms with Gasteiger partial charge in [0, 0.05) is 0 Å². The van der Waals surface area contributed by atoms with E-state index < -0.39 is 0 Å². The molecular weight excluding hydrogens is 176 g/mol. The van der Waals surface area contributed by atoms with Crippen LogP contribution >= 0.6 is 0 Å². The Bertz CT molecular complexity index is 321. The first-order chi connectivity index (χ1) is 6.56. The maximum atomic E-state index is 11.6. The van der Waals surface area contributed by atoms with Crippen LogP contribution in [-0.4, -0.2) is 11.9 Å². The Balaban J connectivity index is 2.82. The number of rotatable bonds is 2. The minimum absolute atomic E-state index is 0.0874. The van der Waals surface area contributed by atoms with Crippen molar-refractivity contribution in [3.8, 4) is 0 Å². The van der Waals surface area contributed by atoms with Crippen molar-refractivity contribution in [1.82, 2.24) is 0 Å². The largest absolute Gasteiger partial charge is 0.492 e. The van der Waals surface area contributed by atoms with E-state index in [1.807, 2.05) is 26.8 Å². The summed E-state index contributed by atoms with van der Waals surface area (Å²) in [6.07, 6.45) is 3.84. The van der Waals surface area contributed by atoms with Crippen LogP contribution in [0.25, 0.3) is 0 Å². The van der Waals surface area contributed by atoms with Gasteiger partial charge in [0.05, 0.1) is 18.3 Å². The molecule has 2 heteroatoms. The molecule has 0 N–H and O–H groups in total. The number of hydrogen-bond donors (Lipinski definition) is 0. The summed E-state index contributed by atoms with van der Waals surface area (Å²) in [4.78, 5) is 11.6. The maximum Gasteiger partial charge on any atom is 0.170 e. The fourth-order valence-corrected chi connectivity index (χ4v) is 1.34. The zero-order valence-corrected chi connectivity index (χ0v) is 8.96. The summed E-state index contributed by atoms with van der Waals surface area (Å²) in [6, 6.07) is 0. The van der Waals surface area contributed by atoms with E-state index in [1.165, 1.54) is 6.26 Å². The van der Waals surface area contributed by atoms with Gasteiger partial charge in [-0.05, 0) is 31.9 Å². The Morgan fingerprint density at radius 2 is 2.29 bits per heavy atom. The van der Waals surface area contributed by atoms with Gasteiger partial charge in [-0.15, -0.1) is 0 Å². The summed E-state index contributed by atoms with van der Waals surface area (Å²) in [6.45, 7) is 9.47. The van der Waals surface area contributed by atoms with Crippen LogP contribution in [0.3, 0.4) is 0 Å². The molecule has 0 fully saturated rings. The average molecular weight is 192 g/mol. The number of hydrogen-bond acceptors (Lipinski definition) is 2. The SMILES string of the molecule is C=C(C)C1=COC(/C(C)=C/C)CC1=O. The number of allylic oxidation sites excluding steroid dienone is 3. The van der Waals surface area contributed by atoms with Gasteiger partial charge in [0.25, 0.3) is 0 Å². The van der Waals surface area contributed by atoms with Crippen LogP contribution in [0.5, 0.6) is 0 Å². The number of ketones is 1. The Labute approximate surface area is 85.0 Å². The molecule has 0 bridgehead atoms. The first-order valence-corrected chi connectivity index (χ1v) is 4.73. The van der Waals surface area contributed by atoms with Crippen LogP contribution in [0.15, 0.2) is 35.6 Å². The monoisotopic (exact) mass is 192 g/mol. The second kappa shape index (κ2) is 4.27.